The van der Waals surface area contributed by atoms with Gasteiger partial charge >= 0.3 is 0 Å². The number of hydrogen-bond acceptors (Lipinski definition) is 4. The molecule has 0 amide bonds. The molecule has 2 atom stereocenters. The van der Waals surface area contributed by atoms with E-state index in [1.165, 1.54) is 0 Å². The van der Waals surface area contributed by atoms with Crippen LogP contribution in [-0.4, -0.2) is 10.1 Å². The summed E-state index contributed by atoms with van der Waals surface area (Å²) in [5, 5.41) is 4.56. The molecule has 1 heterocycles. The van der Waals surface area contributed by atoms with Crippen LogP contribution in [0.5, 0.6) is 0 Å². The molecule has 1 aromatic carbocycles. The Morgan fingerprint density at radius 1 is 1.41 bits per heavy atom. The molecule has 17 heavy (non-hydrogen) atoms. The Morgan fingerprint density at radius 2 is 2.18 bits per heavy atom. The molecule has 1 fully saturated rings. The third-order valence-electron chi connectivity index (χ3n) is 3.05. The predicted octanol–water partition coefficient (Wildman–Crippen LogP) is 3.10. The summed E-state index contributed by atoms with van der Waals surface area (Å²) < 4.78 is 5.24. The van der Waals surface area contributed by atoms with E-state index in [0.29, 0.717) is 28.4 Å². The highest BCUT2D eigenvalue weighted by Crippen LogP contribution is 2.45. The monoisotopic (exact) mass is 249 g/mol. The van der Waals surface area contributed by atoms with Crippen molar-refractivity contribution in [2.75, 3.05) is 5.73 Å². The van der Waals surface area contributed by atoms with E-state index < -0.39 is 0 Å². The highest BCUT2D eigenvalue weighted by atomic mass is 35.5. The number of aromatic nitrogens is 2. The molecule has 0 radical (unpaired) electrons. The Kier molecular flexibility index (Phi) is 2.33. The predicted molar refractivity (Wildman–Crippen MR) is 65.7 cm³/mol. The summed E-state index contributed by atoms with van der Waals surface area (Å²) in [6.45, 7) is 2.18. The highest BCUT2D eigenvalue weighted by Gasteiger charge is 2.38. The maximum Gasteiger partial charge on any atom is 0.258 e. The van der Waals surface area contributed by atoms with Crippen LogP contribution in [0.3, 0.4) is 0 Å². The fourth-order valence-electron chi connectivity index (χ4n) is 1.92. The molecule has 1 aliphatic rings. The first-order valence-electron chi connectivity index (χ1n) is 5.53. The summed E-state index contributed by atoms with van der Waals surface area (Å²) in [6, 6.07) is 5.23. The lowest BCUT2D eigenvalue weighted by atomic mass is 10.2. The third kappa shape index (κ3) is 2.00. The van der Waals surface area contributed by atoms with Gasteiger partial charge in [0.1, 0.15) is 0 Å². The van der Waals surface area contributed by atoms with Gasteiger partial charge in [-0.25, -0.2) is 0 Å². The molecule has 1 aromatic heterocycles. The quantitative estimate of drug-likeness (QED) is 0.831. The molecule has 1 aliphatic carbocycles. The average molecular weight is 250 g/mol. The molecule has 0 aliphatic heterocycles. The van der Waals surface area contributed by atoms with Crippen LogP contribution in [0.25, 0.3) is 11.5 Å². The van der Waals surface area contributed by atoms with E-state index in [4.69, 9.17) is 21.9 Å². The lowest BCUT2D eigenvalue weighted by Gasteiger charge is -1.98. The summed E-state index contributed by atoms with van der Waals surface area (Å²) >= 11 is 5.94. The highest BCUT2D eigenvalue weighted by molar-refractivity contribution is 6.31. The van der Waals surface area contributed by atoms with Crippen LogP contribution in [0.15, 0.2) is 22.7 Å². The molecule has 2 unspecified atom stereocenters. The lowest BCUT2D eigenvalue weighted by molar-refractivity contribution is 0.422. The topological polar surface area (TPSA) is 64.9 Å². The van der Waals surface area contributed by atoms with Gasteiger partial charge in [0.05, 0.1) is 0 Å². The molecule has 0 spiro atoms. The van der Waals surface area contributed by atoms with Crippen molar-refractivity contribution in [2.45, 2.75) is 19.3 Å². The van der Waals surface area contributed by atoms with E-state index in [0.717, 1.165) is 17.8 Å². The fourth-order valence-corrected chi connectivity index (χ4v) is 2.16. The molecule has 1 saturated carbocycles. The first kappa shape index (κ1) is 10.6. The van der Waals surface area contributed by atoms with E-state index in [-0.39, 0.29) is 0 Å². The number of nitrogen functional groups attached to an aromatic ring is 1. The number of anilines is 1. The average Bonchev–Trinajstić information content (AvgIpc) is 2.80. The van der Waals surface area contributed by atoms with Crippen LogP contribution in [0.4, 0.5) is 5.69 Å². The molecule has 0 bridgehead atoms. The van der Waals surface area contributed by atoms with E-state index >= 15 is 0 Å². The molecule has 2 N–H and O–H groups in total. The minimum Gasteiger partial charge on any atom is -0.399 e. The third-order valence-corrected chi connectivity index (χ3v) is 3.27. The van der Waals surface area contributed by atoms with Crippen molar-refractivity contribution >= 4 is 17.3 Å². The van der Waals surface area contributed by atoms with Crippen molar-refractivity contribution in [2.24, 2.45) is 5.92 Å². The van der Waals surface area contributed by atoms with Gasteiger partial charge < -0.3 is 10.3 Å². The molecule has 0 saturated heterocycles. The van der Waals surface area contributed by atoms with Crippen molar-refractivity contribution in [1.82, 2.24) is 10.1 Å². The second-order valence-electron chi connectivity index (χ2n) is 4.55. The van der Waals surface area contributed by atoms with Crippen molar-refractivity contribution in [3.63, 3.8) is 0 Å². The van der Waals surface area contributed by atoms with Gasteiger partial charge in [0.25, 0.3) is 5.89 Å². The summed E-state index contributed by atoms with van der Waals surface area (Å²) in [6.07, 6.45) is 1.14. The fraction of sp³-hybridized carbons (Fsp3) is 0.333. The van der Waals surface area contributed by atoms with Gasteiger partial charge in [-0.3, -0.25) is 0 Å². The molecule has 88 valence electrons. The van der Waals surface area contributed by atoms with Gasteiger partial charge in [0.2, 0.25) is 0 Å². The summed E-state index contributed by atoms with van der Waals surface area (Å²) in [5.41, 5.74) is 7.08. The van der Waals surface area contributed by atoms with E-state index in [9.17, 15) is 0 Å². The van der Waals surface area contributed by atoms with Crippen molar-refractivity contribution < 1.29 is 4.52 Å². The van der Waals surface area contributed by atoms with E-state index in [1.807, 2.05) is 0 Å². The van der Waals surface area contributed by atoms with E-state index in [2.05, 4.69) is 17.1 Å². The van der Waals surface area contributed by atoms with Crippen LogP contribution in [0, 0.1) is 5.92 Å². The largest absolute Gasteiger partial charge is 0.399 e. The Balaban J connectivity index is 1.95. The zero-order valence-corrected chi connectivity index (χ0v) is 10.1. The lowest BCUT2D eigenvalue weighted by Crippen LogP contribution is -1.87. The van der Waals surface area contributed by atoms with Gasteiger partial charge in [-0.1, -0.05) is 23.7 Å². The van der Waals surface area contributed by atoms with Gasteiger partial charge in [0, 0.05) is 22.2 Å². The number of nitrogens with two attached hydrogens (primary N) is 1. The molecule has 2 aromatic rings. The number of nitrogens with zero attached hydrogens (tertiary/aromatic N) is 2. The smallest absolute Gasteiger partial charge is 0.258 e. The SMILES string of the molecule is CC1CC1c1noc(-c2cc(N)cc(Cl)c2)n1. The van der Waals surface area contributed by atoms with Crippen LogP contribution in [-0.2, 0) is 0 Å². The Labute approximate surface area is 104 Å². The Hall–Kier alpha value is -1.55. The van der Waals surface area contributed by atoms with Crippen LogP contribution < -0.4 is 5.73 Å². The minimum absolute atomic E-state index is 0.448. The summed E-state index contributed by atoms with van der Waals surface area (Å²) in [7, 11) is 0. The minimum atomic E-state index is 0.448. The maximum absolute atomic E-state index is 5.94. The standard InChI is InChI=1S/C12H12ClN3O/c1-6-2-10(6)11-15-12(17-16-11)7-3-8(13)5-9(14)4-7/h3-6,10H,2,14H2,1H3. The molecular formula is C12H12ClN3O. The zero-order chi connectivity index (χ0) is 12.0. The number of hydrogen-bond donors (Lipinski definition) is 1. The van der Waals surface area contributed by atoms with Crippen molar-refractivity contribution in [3.8, 4) is 11.5 Å². The second kappa shape index (κ2) is 3.74. The van der Waals surface area contributed by atoms with Gasteiger partial charge in [-0.05, 0) is 30.5 Å². The number of benzene rings is 1. The molecule has 4 nitrogen and oxygen atoms in total. The maximum atomic E-state index is 5.94. The first-order valence-corrected chi connectivity index (χ1v) is 5.91. The Bertz CT molecular complexity index is 546. The normalized spacial score (nSPS) is 22.7. The van der Waals surface area contributed by atoms with Crippen molar-refractivity contribution in [1.29, 1.82) is 0 Å². The summed E-state index contributed by atoms with van der Waals surface area (Å²) in [4.78, 5) is 4.38. The first-order chi connectivity index (χ1) is 8.13. The number of halogens is 1. The van der Waals surface area contributed by atoms with Crippen LogP contribution in [0.2, 0.25) is 5.02 Å². The Morgan fingerprint density at radius 3 is 2.82 bits per heavy atom. The van der Waals surface area contributed by atoms with Gasteiger partial charge in [-0.15, -0.1) is 0 Å². The zero-order valence-electron chi connectivity index (χ0n) is 9.35. The number of rotatable bonds is 2. The second-order valence-corrected chi connectivity index (χ2v) is 4.99. The molecule has 5 heteroatoms. The molecule has 3 rings (SSSR count). The van der Waals surface area contributed by atoms with Crippen molar-refractivity contribution in [3.05, 3.63) is 29.0 Å². The van der Waals surface area contributed by atoms with Gasteiger partial charge in [-0.2, -0.15) is 4.98 Å². The van der Waals surface area contributed by atoms with Crippen LogP contribution >= 0.6 is 11.6 Å². The van der Waals surface area contributed by atoms with Gasteiger partial charge in [0.15, 0.2) is 5.82 Å². The van der Waals surface area contributed by atoms with Crippen LogP contribution in [0.1, 0.15) is 25.1 Å². The summed E-state index contributed by atoms with van der Waals surface area (Å²) in [5.74, 6) is 2.37. The van der Waals surface area contributed by atoms with E-state index in [1.54, 1.807) is 18.2 Å². The molecular weight excluding hydrogens is 238 g/mol.